The Kier molecular flexibility index (Phi) is 7.87. The maximum absolute atomic E-state index is 7.07. The molecule has 2 heterocycles. The fourth-order valence-corrected chi connectivity index (χ4v) is 15.0. The van der Waals surface area contributed by atoms with Crippen LogP contribution in [0.2, 0.25) is 0 Å². The highest BCUT2D eigenvalue weighted by Gasteiger charge is 2.49. The van der Waals surface area contributed by atoms with Gasteiger partial charge in [0.15, 0.2) is 0 Å². The number of furan rings is 2. The SMILES string of the molecule is Cc1cc(C)c(N(c2ccc3c(c2)C(C)(C)c2cc4c(cc2-3)C(C)(C)c2ccc3oc5ccccc5c3c2-4)c2ccc3c(c2)C(C)(C)c2c4c(c5c(oc6ccccc65)c2-3)-c2ccccc2C4(C)C)c(C)c1. The molecular weight excluding hydrogens is 875 g/mol. The zero-order valence-electron chi connectivity index (χ0n) is 43.1. The van der Waals surface area contributed by atoms with Crippen LogP contribution >= 0.6 is 0 Å². The van der Waals surface area contributed by atoms with Gasteiger partial charge in [-0.1, -0.05) is 152 Å². The second-order valence-electron chi connectivity index (χ2n) is 23.8. The molecule has 0 spiro atoms. The third-order valence-electron chi connectivity index (χ3n) is 18.2. The number of rotatable bonds is 3. The van der Waals surface area contributed by atoms with Gasteiger partial charge >= 0.3 is 0 Å². The van der Waals surface area contributed by atoms with Crippen molar-refractivity contribution in [1.82, 2.24) is 0 Å². The average Bonchev–Trinajstić information content (AvgIpc) is 4.14. The number of hydrogen-bond donors (Lipinski definition) is 0. The lowest BCUT2D eigenvalue weighted by Gasteiger charge is -2.33. The highest BCUT2D eigenvalue weighted by Crippen LogP contribution is 2.64. The van der Waals surface area contributed by atoms with Gasteiger partial charge in [0.2, 0.25) is 0 Å². The van der Waals surface area contributed by atoms with Crippen molar-refractivity contribution in [2.45, 2.75) is 97.8 Å². The molecule has 0 bridgehead atoms. The molecule has 0 N–H and O–H groups in total. The molecule has 3 heteroatoms. The van der Waals surface area contributed by atoms with Gasteiger partial charge in [0.05, 0.1) is 5.69 Å². The zero-order valence-corrected chi connectivity index (χ0v) is 43.1. The monoisotopic (exact) mass is 931 g/mol. The number of hydrogen-bond acceptors (Lipinski definition) is 3. The van der Waals surface area contributed by atoms with Gasteiger partial charge in [-0.15, -0.1) is 0 Å². The van der Waals surface area contributed by atoms with E-state index in [1.54, 1.807) is 0 Å². The second-order valence-corrected chi connectivity index (χ2v) is 23.8. The highest BCUT2D eigenvalue weighted by atomic mass is 16.3. The van der Waals surface area contributed by atoms with Gasteiger partial charge in [-0.3, -0.25) is 0 Å². The summed E-state index contributed by atoms with van der Waals surface area (Å²) in [5.74, 6) is 0. The van der Waals surface area contributed by atoms with Crippen LogP contribution in [-0.2, 0) is 21.7 Å². The molecule has 11 aromatic rings. The second kappa shape index (κ2) is 13.5. The Morgan fingerprint density at radius 3 is 1.61 bits per heavy atom. The fourth-order valence-electron chi connectivity index (χ4n) is 15.0. The smallest absolute Gasteiger partial charge is 0.144 e. The quantitative estimate of drug-likeness (QED) is 0.177. The first-order chi connectivity index (χ1) is 34.5. The third-order valence-corrected chi connectivity index (χ3v) is 18.2. The van der Waals surface area contributed by atoms with Crippen molar-refractivity contribution in [1.29, 1.82) is 0 Å². The van der Waals surface area contributed by atoms with E-state index in [1.807, 2.05) is 0 Å². The van der Waals surface area contributed by atoms with Crippen molar-refractivity contribution in [2.75, 3.05) is 4.90 Å². The minimum absolute atomic E-state index is 0.173. The summed E-state index contributed by atoms with van der Waals surface area (Å²) in [5, 5.41) is 4.83. The Labute approximate surface area is 421 Å². The summed E-state index contributed by atoms with van der Waals surface area (Å²) in [4.78, 5) is 2.56. The summed E-state index contributed by atoms with van der Waals surface area (Å²) in [5.41, 5.74) is 31.7. The predicted octanol–water partition coefficient (Wildman–Crippen LogP) is 19.1. The van der Waals surface area contributed by atoms with E-state index < -0.39 is 0 Å². The summed E-state index contributed by atoms with van der Waals surface area (Å²) in [6.07, 6.45) is 0. The lowest BCUT2D eigenvalue weighted by atomic mass is 9.72. The summed E-state index contributed by atoms with van der Waals surface area (Å²) in [7, 11) is 0. The van der Waals surface area contributed by atoms with E-state index in [0.717, 1.165) is 28.0 Å². The lowest BCUT2D eigenvalue weighted by Crippen LogP contribution is -2.24. The van der Waals surface area contributed by atoms with E-state index in [1.165, 1.54) is 139 Å². The standard InChI is InChI=1S/C69H57NO2/c1-36-30-37(2)64(38(3)31-36)70(39-24-26-41-46-34-53-47(35-52(46)67(6,7)50(41)32-39)57-49(66(53,4)5)28-29-56-58(57)44-19-13-16-22-54(44)71-56)40-25-27-43-51(33-40)69(10,11)63-61(43)65-60(45-20-14-17-23-55(45)72-65)59-42-18-12-15-21-48(42)68(8,9)62(59)63/h12-35H,1-11H3. The van der Waals surface area contributed by atoms with Gasteiger partial charge in [0, 0.05) is 60.1 Å². The molecule has 0 fully saturated rings. The van der Waals surface area contributed by atoms with E-state index in [0.29, 0.717) is 0 Å². The lowest BCUT2D eigenvalue weighted by molar-refractivity contribution is 0.600. The minimum Gasteiger partial charge on any atom is -0.456 e. The molecule has 15 rings (SSSR count). The first-order valence-corrected chi connectivity index (χ1v) is 25.9. The molecule has 0 saturated carbocycles. The third kappa shape index (κ3) is 5.02. The summed E-state index contributed by atoms with van der Waals surface area (Å²) in [6.45, 7) is 26.2. The van der Waals surface area contributed by atoms with Gasteiger partial charge in [-0.25, -0.2) is 0 Å². The first-order valence-electron chi connectivity index (χ1n) is 25.9. The van der Waals surface area contributed by atoms with Crippen molar-refractivity contribution >= 4 is 60.9 Å². The number of para-hydroxylation sites is 2. The number of aryl methyl sites for hydroxylation is 3. The number of nitrogens with zero attached hydrogens (tertiary/aromatic N) is 1. The van der Waals surface area contributed by atoms with Crippen molar-refractivity contribution < 1.29 is 8.83 Å². The Balaban J connectivity index is 0.926. The molecule has 0 unspecified atom stereocenters. The van der Waals surface area contributed by atoms with Gasteiger partial charge in [-0.2, -0.15) is 0 Å². The molecule has 350 valence electrons. The number of benzene rings is 9. The average molecular weight is 932 g/mol. The number of fused-ring (bicyclic) bond motifs is 22. The van der Waals surface area contributed by atoms with E-state index in [9.17, 15) is 0 Å². The van der Waals surface area contributed by atoms with Crippen LogP contribution in [0, 0.1) is 20.8 Å². The van der Waals surface area contributed by atoms with Crippen LogP contribution in [0.4, 0.5) is 17.1 Å². The normalized spacial score (nSPS) is 16.4. The van der Waals surface area contributed by atoms with Gasteiger partial charge in [0.1, 0.15) is 22.3 Å². The van der Waals surface area contributed by atoms with E-state index in [2.05, 4.69) is 227 Å². The Bertz CT molecular complexity index is 4290. The molecule has 9 aromatic carbocycles. The molecule has 0 radical (unpaired) electrons. The maximum Gasteiger partial charge on any atom is 0.144 e. The Hall–Kier alpha value is -7.62. The van der Waals surface area contributed by atoms with Crippen LogP contribution in [0.3, 0.4) is 0 Å². The van der Waals surface area contributed by atoms with Gasteiger partial charge in [-0.05, 0) is 170 Å². The van der Waals surface area contributed by atoms with Crippen LogP contribution in [0.25, 0.3) is 88.4 Å². The minimum atomic E-state index is -0.330. The topological polar surface area (TPSA) is 29.5 Å². The molecule has 0 amide bonds. The van der Waals surface area contributed by atoms with Crippen LogP contribution in [-0.4, -0.2) is 0 Å². The van der Waals surface area contributed by atoms with Crippen LogP contribution in [0.1, 0.15) is 117 Å². The molecule has 4 aliphatic carbocycles. The molecule has 4 aliphatic rings. The van der Waals surface area contributed by atoms with Gasteiger partial charge in [0.25, 0.3) is 0 Å². The van der Waals surface area contributed by atoms with Crippen molar-refractivity contribution in [3.05, 3.63) is 207 Å². The Morgan fingerprint density at radius 1 is 0.361 bits per heavy atom. The number of anilines is 3. The van der Waals surface area contributed by atoms with Crippen LogP contribution in [0.5, 0.6) is 0 Å². The molecule has 3 nitrogen and oxygen atoms in total. The van der Waals surface area contributed by atoms with Crippen molar-refractivity contribution in [2.24, 2.45) is 0 Å². The fraction of sp³-hybridized carbons (Fsp3) is 0.217. The largest absolute Gasteiger partial charge is 0.456 e. The molecule has 2 aromatic heterocycles. The van der Waals surface area contributed by atoms with Crippen molar-refractivity contribution in [3.8, 4) is 44.5 Å². The molecular formula is C69H57NO2. The Morgan fingerprint density at radius 2 is 0.889 bits per heavy atom. The maximum atomic E-state index is 7.07. The summed E-state index contributed by atoms with van der Waals surface area (Å²) < 4.78 is 13.6. The van der Waals surface area contributed by atoms with Crippen LogP contribution in [0.15, 0.2) is 154 Å². The summed E-state index contributed by atoms with van der Waals surface area (Å²) >= 11 is 0. The van der Waals surface area contributed by atoms with E-state index in [4.69, 9.17) is 8.83 Å². The molecule has 72 heavy (non-hydrogen) atoms. The van der Waals surface area contributed by atoms with Gasteiger partial charge < -0.3 is 13.7 Å². The van der Waals surface area contributed by atoms with Crippen molar-refractivity contribution in [3.63, 3.8) is 0 Å². The first kappa shape index (κ1) is 42.1. The molecule has 0 atom stereocenters. The summed E-state index contributed by atoms with van der Waals surface area (Å²) in [6, 6.07) is 55.1. The predicted molar refractivity (Wildman–Crippen MR) is 300 cm³/mol. The molecule has 0 aliphatic heterocycles. The van der Waals surface area contributed by atoms with E-state index in [-0.39, 0.29) is 21.7 Å². The zero-order chi connectivity index (χ0) is 49.3. The van der Waals surface area contributed by atoms with Crippen LogP contribution < -0.4 is 4.90 Å². The highest BCUT2D eigenvalue weighted by molar-refractivity contribution is 6.21. The molecule has 0 saturated heterocycles. The van der Waals surface area contributed by atoms with E-state index >= 15 is 0 Å².